The van der Waals surface area contributed by atoms with E-state index in [-0.39, 0.29) is 6.61 Å². The van der Waals surface area contributed by atoms with Crippen LogP contribution < -0.4 is 0 Å². The smallest absolute Gasteiger partial charge is 0.0800 e. The number of allylic oxidation sites excluding steroid dienone is 2. The quantitative estimate of drug-likeness (QED) is 0.617. The molecule has 0 aromatic rings. The van der Waals surface area contributed by atoms with Crippen molar-refractivity contribution in [3.8, 4) is 0 Å². The van der Waals surface area contributed by atoms with Gasteiger partial charge in [-0.25, -0.2) is 0 Å². The molecular formula is C12H22O2. The molecule has 0 aromatic heterocycles. The molecule has 0 fully saturated rings. The van der Waals surface area contributed by atoms with Gasteiger partial charge in [0.05, 0.1) is 5.60 Å². The molecule has 0 aliphatic rings. The molecular weight excluding hydrogens is 176 g/mol. The van der Waals surface area contributed by atoms with Gasteiger partial charge in [0, 0.05) is 6.61 Å². The summed E-state index contributed by atoms with van der Waals surface area (Å²) < 4.78 is 0. The monoisotopic (exact) mass is 198 g/mol. The molecule has 14 heavy (non-hydrogen) atoms. The zero-order valence-electron chi connectivity index (χ0n) is 9.29. The molecule has 0 rings (SSSR count). The number of aliphatic hydroxyl groups is 2. The van der Waals surface area contributed by atoms with Crippen molar-refractivity contribution in [1.82, 2.24) is 0 Å². The third-order valence-electron chi connectivity index (χ3n) is 2.31. The number of rotatable bonds is 7. The second-order valence-electron chi connectivity index (χ2n) is 3.98. The van der Waals surface area contributed by atoms with Gasteiger partial charge in [0.1, 0.15) is 0 Å². The molecule has 0 radical (unpaired) electrons. The molecule has 0 saturated carbocycles. The van der Waals surface area contributed by atoms with Crippen molar-refractivity contribution < 1.29 is 10.2 Å². The van der Waals surface area contributed by atoms with Crippen LogP contribution >= 0.6 is 0 Å². The lowest BCUT2D eigenvalue weighted by Crippen LogP contribution is -2.19. The summed E-state index contributed by atoms with van der Waals surface area (Å²) in [7, 11) is 0. The van der Waals surface area contributed by atoms with E-state index >= 15 is 0 Å². The average Bonchev–Trinajstić information content (AvgIpc) is 2.14. The van der Waals surface area contributed by atoms with Crippen LogP contribution in [-0.4, -0.2) is 22.4 Å². The van der Waals surface area contributed by atoms with Crippen molar-refractivity contribution in [2.45, 2.75) is 45.1 Å². The summed E-state index contributed by atoms with van der Waals surface area (Å²) in [6, 6.07) is 0. The van der Waals surface area contributed by atoms with Gasteiger partial charge in [-0.05, 0) is 39.5 Å². The van der Waals surface area contributed by atoms with Crippen LogP contribution in [0, 0.1) is 0 Å². The zero-order chi connectivity index (χ0) is 11.0. The first-order valence-electron chi connectivity index (χ1n) is 5.14. The normalized spacial score (nSPS) is 16.4. The summed E-state index contributed by atoms with van der Waals surface area (Å²) in [4.78, 5) is 0. The summed E-state index contributed by atoms with van der Waals surface area (Å²) in [5.74, 6) is 0. The van der Waals surface area contributed by atoms with E-state index in [2.05, 4.69) is 19.6 Å². The topological polar surface area (TPSA) is 40.5 Å². The molecule has 2 N–H and O–H groups in total. The van der Waals surface area contributed by atoms with Gasteiger partial charge >= 0.3 is 0 Å². The van der Waals surface area contributed by atoms with E-state index in [0.29, 0.717) is 6.42 Å². The highest BCUT2D eigenvalue weighted by molar-refractivity contribution is 5.00. The van der Waals surface area contributed by atoms with Crippen molar-refractivity contribution in [3.63, 3.8) is 0 Å². The molecule has 0 saturated heterocycles. The van der Waals surface area contributed by atoms with Crippen LogP contribution in [0.25, 0.3) is 0 Å². The maximum atomic E-state index is 9.62. The Morgan fingerprint density at radius 3 is 2.64 bits per heavy atom. The van der Waals surface area contributed by atoms with E-state index in [1.54, 1.807) is 13.0 Å². The molecule has 1 unspecified atom stereocenters. The molecule has 0 aromatic carbocycles. The molecule has 0 spiro atoms. The Bertz CT molecular complexity index is 192. The molecule has 1 atom stereocenters. The van der Waals surface area contributed by atoms with Crippen LogP contribution in [0.2, 0.25) is 0 Å². The van der Waals surface area contributed by atoms with Crippen LogP contribution in [0.4, 0.5) is 0 Å². The summed E-state index contributed by atoms with van der Waals surface area (Å²) in [6.07, 6.45) is 7.01. The van der Waals surface area contributed by atoms with Gasteiger partial charge in [0.2, 0.25) is 0 Å². The van der Waals surface area contributed by atoms with Crippen LogP contribution in [0.5, 0.6) is 0 Å². The fourth-order valence-electron chi connectivity index (χ4n) is 1.17. The van der Waals surface area contributed by atoms with Crippen LogP contribution in [0.15, 0.2) is 24.3 Å². The second kappa shape index (κ2) is 6.80. The molecule has 2 nitrogen and oxygen atoms in total. The Labute approximate surface area is 87.0 Å². The first-order chi connectivity index (χ1) is 6.52. The van der Waals surface area contributed by atoms with Crippen LogP contribution in [0.1, 0.15) is 39.5 Å². The zero-order valence-corrected chi connectivity index (χ0v) is 9.29. The van der Waals surface area contributed by atoms with E-state index < -0.39 is 5.60 Å². The van der Waals surface area contributed by atoms with Crippen LogP contribution in [0.3, 0.4) is 0 Å². The third kappa shape index (κ3) is 6.87. The highest BCUT2D eigenvalue weighted by Gasteiger charge is 2.12. The van der Waals surface area contributed by atoms with E-state index in [0.717, 1.165) is 19.3 Å². The Kier molecular flexibility index (Phi) is 6.50. The second-order valence-corrected chi connectivity index (χ2v) is 3.98. The van der Waals surface area contributed by atoms with E-state index in [9.17, 15) is 5.11 Å². The minimum absolute atomic E-state index is 0.246. The van der Waals surface area contributed by atoms with Gasteiger partial charge < -0.3 is 10.2 Å². The average molecular weight is 198 g/mol. The van der Waals surface area contributed by atoms with Crippen molar-refractivity contribution >= 4 is 0 Å². The predicted molar refractivity (Wildman–Crippen MR) is 60.1 cm³/mol. The lowest BCUT2D eigenvalue weighted by Gasteiger charge is -2.16. The molecule has 0 amide bonds. The number of aliphatic hydroxyl groups excluding tert-OH is 1. The van der Waals surface area contributed by atoms with Gasteiger partial charge in [-0.1, -0.05) is 17.7 Å². The maximum Gasteiger partial charge on any atom is 0.0800 e. The van der Waals surface area contributed by atoms with Crippen molar-refractivity contribution in [2.75, 3.05) is 6.61 Å². The first-order valence-corrected chi connectivity index (χ1v) is 5.14. The molecule has 0 heterocycles. The Balaban J connectivity index is 3.75. The summed E-state index contributed by atoms with van der Waals surface area (Å²) in [5.41, 5.74) is 0.521. The van der Waals surface area contributed by atoms with Gasteiger partial charge in [-0.2, -0.15) is 0 Å². The minimum atomic E-state index is -0.756. The fourth-order valence-corrected chi connectivity index (χ4v) is 1.17. The SMILES string of the molecule is C=CC(C)(O)CCC=C(C)CCCO. The summed E-state index contributed by atoms with van der Waals surface area (Å²) in [6.45, 7) is 7.64. The lowest BCUT2D eigenvalue weighted by molar-refractivity contribution is 0.103. The van der Waals surface area contributed by atoms with Crippen LogP contribution in [-0.2, 0) is 0 Å². The van der Waals surface area contributed by atoms with Gasteiger partial charge in [0.25, 0.3) is 0 Å². The Morgan fingerprint density at radius 1 is 1.50 bits per heavy atom. The Morgan fingerprint density at radius 2 is 2.14 bits per heavy atom. The van der Waals surface area contributed by atoms with Gasteiger partial charge in [0.15, 0.2) is 0 Å². The highest BCUT2D eigenvalue weighted by atomic mass is 16.3. The minimum Gasteiger partial charge on any atom is -0.396 e. The number of hydrogen-bond donors (Lipinski definition) is 2. The van der Waals surface area contributed by atoms with E-state index in [4.69, 9.17) is 5.11 Å². The van der Waals surface area contributed by atoms with Crippen molar-refractivity contribution in [1.29, 1.82) is 0 Å². The molecule has 0 aliphatic carbocycles. The van der Waals surface area contributed by atoms with Crippen molar-refractivity contribution in [2.24, 2.45) is 0 Å². The largest absolute Gasteiger partial charge is 0.396 e. The van der Waals surface area contributed by atoms with Gasteiger partial charge in [-0.15, -0.1) is 6.58 Å². The highest BCUT2D eigenvalue weighted by Crippen LogP contribution is 2.15. The van der Waals surface area contributed by atoms with E-state index in [1.807, 2.05) is 0 Å². The maximum absolute atomic E-state index is 9.62. The summed E-state index contributed by atoms with van der Waals surface area (Å²) in [5, 5.41) is 18.3. The third-order valence-corrected chi connectivity index (χ3v) is 2.31. The Hall–Kier alpha value is -0.600. The standard InChI is InChI=1S/C12H22O2/c1-4-12(3,14)9-5-7-11(2)8-6-10-13/h4,7,13-14H,1,5-6,8-10H2,2-3H3. The summed E-state index contributed by atoms with van der Waals surface area (Å²) >= 11 is 0. The molecule has 0 bridgehead atoms. The van der Waals surface area contributed by atoms with Gasteiger partial charge in [-0.3, -0.25) is 0 Å². The predicted octanol–water partition coefficient (Wildman–Crippen LogP) is 2.42. The van der Waals surface area contributed by atoms with Crippen molar-refractivity contribution in [3.05, 3.63) is 24.3 Å². The molecule has 2 heteroatoms. The van der Waals surface area contributed by atoms with E-state index in [1.165, 1.54) is 5.57 Å². The lowest BCUT2D eigenvalue weighted by atomic mass is 9.99. The number of hydrogen-bond acceptors (Lipinski definition) is 2. The molecule has 0 aliphatic heterocycles. The first kappa shape index (κ1) is 13.4. The molecule has 82 valence electrons. The fraction of sp³-hybridized carbons (Fsp3) is 0.667.